The first-order valence-corrected chi connectivity index (χ1v) is 6.68. The van der Waals surface area contributed by atoms with Crippen molar-refractivity contribution in [1.82, 2.24) is 4.90 Å². The minimum absolute atomic E-state index is 0.0700. The Kier molecular flexibility index (Phi) is 4.81. The summed E-state index contributed by atoms with van der Waals surface area (Å²) in [5.41, 5.74) is -1.41. The van der Waals surface area contributed by atoms with Crippen molar-refractivity contribution in [3.05, 3.63) is 11.6 Å². The van der Waals surface area contributed by atoms with Crippen LogP contribution in [0.1, 0.15) is 47.0 Å². The number of carboxylic acids is 1. The molecule has 2 atom stereocenters. The van der Waals surface area contributed by atoms with Crippen LogP contribution in [0.3, 0.4) is 0 Å². The van der Waals surface area contributed by atoms with E-state index in [4.69, 9.17) is 9.84 Å². The van der Waals surface area contributed by atoms with Gasteiger partial charge in [-0.2, -0.15) is 0 Å². The number of nitrogens with zero attached hydrogens (tertiary/aromatic N) is 1. The molecule has 1 rings (SSSR count). The van der Waals surface area contributed by atoms with Gasteiger partial charge in [-0.1, -0.05) is 11.6 Å². The zero-order chi connectivity index (χ0) is 15.6. The SMILES string of the molecule is CC(C)=CCC[C@]1(C)OC(=O)N(CCC(=O)O)[C@]1(C)O. The normalized spacial score (nSPS) is 29.2. The summed E-state index contributed by atoms with van der Waals surface area (Å²) in [6.07, 6.45) is 2.26. The number of carboxylic acid groups (broad SMARTS) is 1. The van der Waals surface area contributed by atoms with E-state index in [1.54, 1.807) is 6.92 Å². The van der Waals surface area contributed by atoms with Crippen LogP contribution in [-0.4, -0.2) is 45.0 Å². The molecule has 0 aliphatic carbocycles. The fraction of sp³-hybridized carbons (Fsp3) is 0.714. The summed E-state index contributed by atoms with van der Waals surface area (Å²) in [5.74, 6) is -1.02. The highest BCUT2D eigenvalue weighted by molar-refractivity contribution is 5.73. The van der Waals surface area contributed by atoms with Gasteiger partial charge >= 0.3 is 12.1 Å². The van der Waals surface area contributed by atoms with Crippen LogP contribution in [0, 0.1) is 0 Å². The van der Waals surface area contributed by atoms with Crippen LogP contribution in [-0.2, 0) is 9.53 Å². The number of hydrogen-bond acceptors (Lipinski definition) is 4. The summed E-state index contributed by atoms with van der Waals surface area (Å²) < 4.78 is 5.31. The Morgan fingerprint density at radius 2 is 2.00 bits per heavy atom. The molecule has 114 valence electrons. The van der Waals surface area contributed by atoms with Crippen LogP contribution in [0.25, 0.3) is 0 Å². The molecule has 0 aromatic carbocycles. The number of carbonyl (C=O) groups excluding carboxylic acids is 1. The smallest absolute Gasteiger partial charge is 0.412 e. The Bertz CT molecular complexity index is 425. The van der Waals surface area contributed by atoms with Crippen LogP contribution < -0.4 is 0 Å². The number of aliphatic carboxylic acids is 1. The van der Waals surface area contributed by atoms with Gasteiger partial charge in [-0.05, 0) is 40.5 Å². The second-order valence-electron chi connectivity index (χ2n) is 5.74. The van der Waals surface area contributed by atoms with Gasteiger partial charge < -0.3 is 14.9 Å². The monoisotopic (exact) mass is 285 g/mol. The van der Waals surface area contributed by atoms with E-state index in [9.17, 15) is 14.7 Å². The molecule has 1 aliphatic heterocycles. The van der Waals surface area contributed by atoms with E-state index in [-0.39, 0.29) is 13.0 Å². The Labute approximate surface area is 119 Å². The van der Waals surface area contributed by atoms with Crippen molar-refractivity contribution in [1.29, 1.82) is 0 Å². The average Bonchev–Trinajstić information content (AvgIpc) is 2.42. The van der Waals surface area contributed by atoms with Gasteiger partial charge in [0.05, 0.1) is 6.42 Å². The summed E-state index contributed by atoms with van der Waals surface area (Å²) in [5, 5.41) is 19.3. The van der Waals surface area contributed by atoms with E-state index in [0.29, 0.717) is 12.8 Å². The average molecular weight is 285 g/mol. The number of ether oxygens (including phenoxy) is 1. The fourth-order valence-electron chi connectivity index (χ4n) is 2.25. The van der Waals surface area contributed by atoms with Crippen molar-refractivity contribution in [3.63, 3.8) is 0 Å². The van der Waals surface area contributed by atoms with Crippen molar-refractivity contribution in [2.75, 3.05) is 6.54 Å². The second-order valence-corrected chi connectivity index (χ2v) is 5.74. The van der Waals surface area contributed by atoms with E-state index in [0.717, 1.165) is 10.5 Å². The molecular formula is C14H23NO5. The molecule has 6 nitrogen and oxygen atoms in total. The van der Waals surface area contributed by atoms with Gasteiger partial charge in [0, 0.05) is 6.54 Å². The predicted molar refractivity (Wildman–Crippen MR) is 73.1 cm³/mol. The van der Waals surface area contributed by atoms with Crippen LogP contribution in [0.5, 0.6) is 0 Å². The standard InChI is InChI=1S/C14H23NO5/c1-10(2)6-5-8-13(3)14(4,19)15(12(18)20-13)9-7-11(16)17/h6,19H,5,7-9H2,1-4H3,(H,16,17)/t13-,14+/m0/s1. The van der Waals surface area contributed by atoms with E-state index in [1.165, 1.54) is 6.92 Å². The zero-order valence-electron chi connectivity index (χ0n) is 12.5. The summed E-state index contributed by atoms with van der Waals surface area (Å²) >= 11 is 0. The lowest BCUT2D eigenvalue weighted by Crippen LogP contribution is -2.55. The molecule has 1 aliphatic rings. The topological polar surface area (TPSA) is 87.1 Å². The van der Waals surface area contributed by atoms with E-state index < -0.39 is 23.4 Å². The maximum atomic E-state index is 11.9. The van der Waals surface area contributed by atoms with Gasteiger partial charge in [0.15, 0.2) is 11.3 Å². The lowest BCUT2D eigenvalue weighted by Gasteiger charge is -2.37. The van der Waals surface area contributed by atoms with Gasteiger partial charge in [0.1, 0.15) is 0 Å². The number of carbonyl (C=O) groups is 2. The lowest BCUT2D eigenvalue weighted by molar-refractivity contribution is -0.145. The Hall–Kier alpha value is -1.56. The number of hydrogen-bond donors (Lipinski definition) is 2. The first kappa shape index (κ1) is 16.5. The highest BCUT2D eigenvalue weighted by atomic mass is 16.6. The maximum Gasteiger partial charge on any atom is 0.412 e. The molecular weight excluding hydrogens is 262 g/mol. The zero-order valence-corrected chi connectivity index (χ0v) is 12.5. The van der Waals surface area contributed by atoms with Crippen LogP contribution in [0.15, 0.2) is 11.6 Å². The Balaban J connectivity index is 2.81. The molecule has 0 aromatic rings. The number of rotatable bonds is 6. The Morgan fingerprint density at radius 1 is 1.40 bits per heavy atom. The molecule has 1 heterocycles. The third-order valence-electron chi connectivity index (χ3n) is 3.78. The molecule has 0 spiro atoms. The summed E-state index contributed by atoms with van der Waals surface area (Å²) in [7, 11) is 0. The molecule has 20 heavy (non-hydrogen) atoms. The van der Waals surface area contributed by atoms with Crippen molar-refractivity contribution in [2.24, 2.45) is 0 Å². The minimum Gasteiger partial charge on any atom is -0.481 e. The largest absolute Gasteiger partial charge is 0.481 e. The first-order chi connectivity index (χ1) is 9.10. The molecule has 0 unspecified atom stereocenters. The molecule has 1 fully saturated rings. The van der Waals surface area contributed by atoms with E-state index >= 15 is 0 Å². The quantitative estimate of drug-likeness (QED) is 0.730. The molecule has 1 saturated heterocycles. The van der Waals surface area contributed by atoms with Crippen molar-refractivity contribution < 1.29 is 24.5 Å². The molecule has 0 saturated carbocycles. The number of cyclic esters (lactones) is 1. The highest BCUT2D eigenvalue weighted by Gasteiger charge is 2.58. The van der Waals surface area contributed by atoms with Crippen LogP contribution >= 0.6 is 0 Å². The molecule has 1 amide bonds. The van der Waals surface area contributed by atoms with Crippen molar-refractivity contribution >= 4 is 12.1 Å². The van der Waals surface area contributed by atoms with E-state index in [1.807, 2.05) is 19.9 Å². The van der Waals surface area contributed by atoms with Gasteiger partial charge in [-0.25, -0.2) is 4.79 Å². The minimum atomic E-state index is -1.52. The summed E-state index contributed by atoms with van der Waals surface area (Å²) in [6.45, 7) is 7.03. The van der Waals surface area contributed by atoms with Crippen molar-refractivity contribution in [2.45, 2.75) is 58.3 Å². The third kappa shape index (κ3) is 3.30. The lowest BCUT2D eigenvalue weighted by atomic mass is 9.88. The van der Waals surface area contributed by atoms with Crippen LogP contribution in [0.4, 0.5) is 4.79 Å². The van der Waals surface area contributed by atoms with Gasteiger partial charge in [-0.15, -0.1) is 0 Å². The van der Waals surface area contributed by atoms with Crippen molar-refractivity contribution in [3.8, 4) is 0 Å². The van der Waals surface area contributed by atoms with Gasteiger partial charge in [0.2, 0.25) is 0 Å². The number of aliphatic hydroxyl groups is 1. The van der Waals surface area contributed by atoms with Gasteiger partial charge in [-0.3, -0.25) is 9.69 Å². The summed E-state index contributed by atoms with van der Waals surface area (Å²) in [4.78, 5) is 23.6. The molecule has 0 bridgehead atoms. The molecule has 2 N–H and O–H groups in total. The number of allylic oxidation sites excluding steroid dienone is 2. The highest BCUT2D eigenvalue weighted by Crippen LogP contribution is 2.40. The van der Waals surface area contributed by atoms with Crippen LogP contribution in [0.2, 0.25) is 0 Å². The first-order valence-electron chi connectivity index (χ1n) is 6.68. The van der Waals surface area contributed by atoms with E-state index in [2.05, 4.69) is 0 Å². The fourth-order valence-corrected chi connectivity index (χ4v) is 2.25. The maximum absolute atomic E-state index is 11.9. The summed E-state index contributed by atoms with van der Waals surface area (Å²) in [6, 6.07) is 0. The molecule has 0 radical (unpaired) electrons. The van der Waals surface area contributed by atoms with Gasteiger partial charge in [0.25, 0.3) is 0 Å². The molecule has 6 heteroatoms. The third-order valence-corrected chi connectivity index (χ3v) is 3.78. The number of amides is 1. The second kappa shape index (κ2) is 5.83. The molecule has 0 aromatic heterocycles. The Morgan fingerprint density at radius 3 is 2.50 bits per heavy atom. The predicted octanol–water partition coefficient (Wildman–Crippen LogP) is 2.13.